The zero-order valence-corrected chi connectivity index (χ0v) is 9.39. The highest BCUT2D eigenvalue weighted by Crippen LogP contribution is 2.25. The number of likely N-dealkylation sites (tertiary alicyclic amines) is 1. The summed E-state index contributed by atoms with van der Waals surface area (Å²) in [7, 11) is 0. The summed E-state index contributed by atoms with van der Waals surface area (Å²) in [5, 5.41) is 0. The summed E-state index contributed by atoms with van der Waals surface area (Å²) in [4.78, 5) is 2.52. The molecule has 0 amide bonds. The van der Waals surface area contributed by atoms with E-state index < -0.39 is 0 Å². The Hall–Kier alpha value is -1.08. The molecule has 1 heteroatoms. The van der Waals surface area contributed by atoms with Gasteiger partial charge in [-0.1, -0.05) is 43.3 Å². The van der Waals surface area contributed by atoms with Gasteiger partial charge in [-0.15, -0.1) is 6.58 Å². The molecule has 15 heavy (non-hydrogen) atoms. The SMILES string of the molecule is C=CC1CC(C)CN1Cc1ccccc1. The quantitative estimate of drug-likeness (QED) is 0.679. The van der Waals surface area contributed by atoms with Crippen LogP contribution < -0.4 is 0 Å². The van der Waals surface area contributed by atoms with Gasteiger partial charge in [-0.3, -0.25) is 4.90 Å². The molecule has 1 saturated heterocycles. The van der Waals surface area contributed by atoms with Crippen LogP contribution in [0.25, 0.3) is 0 Å². The van der Waals surface area contributed by atoms with Crippen molar-refractivity contribution >= 4 is 0 Å². The summed E-state index contributed by atoms with van der Waals surface area (Å²) in [5.74, 6) is 0.803. The average molecular weight is 201 g/mol. The Bertz CT molecular complexity index is 317. The summed E-state index contributed by atoms with van der Waals surface area (Å²) in [6.45, 7) is 8.51. The number of hydrogen-bond acceptors (Lipinski definition) is 1. The van der Waals surface area contributed by atoms with E-state index >= 15 is 0 Å². The highest BCUT2D eigenvalue weighted by Gasteiger charge is 2.26. The molecule has 0 saturated carbocycles. The molecule has 0 aliphatic carbocycles. The number of benzene rings is 1. The van der Waals surface area contributed by atoms with E-state index in [9.17, 15) is 0 Å². The van der Waals surface area contributed by atoms with Gasteiger partial charge in [-0.05, 0) is 17.9 Å². The largest absolute Gasteiger partial charge is 0.292 e. The Labute approximate surface area is 92.4 Å². The third-order valence-corrected chi connectivity index (χ3v) is 3.16. The zero-order valence-electron chi connectivity index (χ0n) is 9.39. The smallest absolute Gasteiger partial charge is 0.0282 e. The summed E-state index contributed by atoms with van der Waals surface area (Å²) >= 11 is 0. The van der Waals surface area contributed by atoms with Crippen LogP contribution in [0.2, 0.25) is 0 Å². The Morgan fingerprint density at radius 2 is 2.13 bits per heavy atom. The van der Waals surface area contributed by atoms with Gasteiger partial charge < -0.3 is 0 Å². The van der Waals surface area contributed by atoms with Gasteiger partial charge in [-0.25, -0.2) is 0 Å². The lowest BCUT2D eigenvalue weighted by Crippen LogP contribution is -2.27. The Kier molecular flexibility index (Phi) is 3.22. The molecule has 0 N–H and O–H groups in total. The van der Waals surface area contributed by atoms with Crippen LogP contribution in [-0.2, 0) is 6.54 Å². The van der Waals surface area contributed by atoms with E-state index in [1.54, 1.807) is 0 Å². The van der Waals surface area contributed by atoms with Crippen LogP contribution in [0.5, 0.6) is 0 Å². The van der Waals surface area contributed by atoms with Crippen LogP contribution in [0.1, 0.15) is 18.9 Å². The molecular weight excluding hydrogens is 182 g/mol. The molecule has 1 nitrogen and oxygen atoms in total. The van der Waals surface area contributed by atoms with Crippen molar-refractivity contribution in [1.29, 1.82) is 0 Å². The van der Waals surface area contributed by atoms with Crippen molar-refractivity contribution in [2.75, 3.05) is 6.54 Å². The molecule has 1 aromatic carbocycles. The number of hydrogen-bond donors (Lipinski definition) is 0. The first-order valence-electron chi connectivity index (χ1n) is 5.70. The first kappa shape index (κ1) is 10.4. The third-order valence-electron chi connectivity index (χ3n) is 3.16. The van der Waals surface area contributed by atoms with E-state index in [4.69, 9.17) is 0 Å². The van der Waals surface area contributed by atoms with E-state index in [1.165, 1.54) is 18.5 Å². The van der Waals surface area contributed by atoms with Gasteiger partial charge in [0.2, 0.25) is 0 Å². The third kappa shape index (κ3) is 2.48. The standard InChI is InChI=1S/C14H19N/c1-3-14-9-12(2)10-15(14)11-13-7-5-4-6-8-13/h3-8,12,14H,1,9-11H2,2H3. The summed E-state index contributed by atoms with van der Waals surface area (Å²) < 4.78 is 0. The fourth-order valence-electron chi connectivity index (χ4n) is 2.42. The van der Waals surface area contributed by atoms with Crippen LogP contribution in [0.3, 0.4) is 0 Å². The second kappa shape index (κ2) is 4.63. The van der Waals surface area contributed by atoms with Gasteiger partial charge in [0.25, 0.3) is 0 Å². The van der Waals surface area contributed by atoms with Crippen molar-refractivity contribution in [2.24, 2.45) is 5.92 Å². The second-order valence-corrected chi connectivity index (χ2v) is 4.56. The zero-order chi connectivity index (χ0) is 10.7. The Balaban J connectivity index is 2.02. The topological polar surface area (TPSA) is 3.24 Å². The summed E-state index contributed by atoms with van der Waals surface area (Å²) in [6, 6.07) is 11.3. The molecule has 0 radical (unpaired) electrons. The van der Waals surface area contributed by atoms with Crippen LogP contribution in [-0.4, -0.2) is 17.5 Å². The second-order valence-electron chi connectivity index (χ2n) is 4.56. The monoisotopic (exact) mass is 201 g/mol. The predicted molar refractivity (Wildman–Crippen MR) is 64.6 cm³/mol. The lowest BCUT2D eigenvalue weighted by molar-refractivity contribution is 0.276. The molecule has 0 spiro atoms. The van der Waals surface area contributed by atoms with Crippen molar-refractivity contribution in [1.82, 2.24) is 4.90 Å². The molecule has 1 aliphatic rings. The molecule has 2 rings (SSSR count). The van der Waals surface area contributed by atoms with E-state index in [0.717, 1.165) is 12.5 Å². The molecule has 0 aromatic heterocycles. The van der Waals surface area contributed by atoms with Crippen molar-refractivity contribution in [3.63, 3.8) is 0 Å². The van der Waals surface area contributed by atoms with E-state index in [1.807, 2.05) is 0 Å². The normalized spacial score (nSPS) is 26.7. The maximum absolute atomic E-state index is 3.93. The minimum absolute atomic E-state index is 0.570. The van der Waals surface area contributed by atoms with Crippen molar-refractivity contribution in [2.45, 2.75) is 25.9 Å². The van der Waals surface area contributed by atoms with Gasteiger partial charge in [0.15, 0.2) is 0 Å². The number of rotatable bonds is 3. The van der Waals surface area contributed by atoms with Crippen molar-refractivity contribution in [3.05, 3.63) is 48.6 Å². The molecule has 80 valence electrons. The van der Waals surface area contributed by atoms with Gasteiger partial charge >= 0.3 is 0 Å². The molecule has 1 heterocycles. The molecule has 1 fully saturated rings. The molecule has 0 bridgehead atoms. The van der Waals surface area contributed by atoms with Gasteiger partial charge in [0.05, 0.1) is 0 Å². The van der Waals surface area contributed by atoms with E-state index in [2.05, 4.69) is 54.8 Å². The van der Waals surface area contributed by atoms with E-state index in [0.29, 0.717) is 6.04 Å². The highest BCUT2D eigenvalue weighted by atomic mass is 15.2. The maximum atomic E-state index is 3.93. The van der Waals surface area contributed by atoms with Crippen LogP contribution in [0.4, 0.5) is 0 Å². The fraction of sp³-hybridized carbons (Fsp3) is 0.429. The average Bonchev–Trinajstić information content (AvgIpc) is 2.60. The summed E-state index contributed by atoms with van der Waals surface area (Å²) in [5.41, 5.74) is 1.40. The molecule has 2 unspecified atom stereocenters. The van der Waals surface area contributed by atoms with Crippen LogP contribution >= 0.6 is 0 Å². The minimum atomic E-state index is 0.570. The van der Waals surface area contributed by atoms with Crippen molar-refractivity contribution in [3.8, 4) is 0 Å². The lowest BCUT2D eigenvalue weighted by atomic mass is 10.1. The van der Waals surface area contributed by atoms with Gasteiger partial charge in [-0.2, -0.15) is 0 Å². The van der Waals surface area contributed by atoms with Crippen molar-refractivity contribution < 1.29 is 0 Å². The first-order valence-corrected chi connectivity index (χ1v) is 5.70. The summed E-state index contributed by atoms with van der Waals surface area (Å²) in [6.07, 6.45) is 3.35. The molecule has 1 aliphatic heterocycles. The molecule has 1 aromatic rings. The first-order chi connectivity index (χ1) is 7.29. The Morgan fingerprint density at radius 3 is 2.80 bits per heavy atom. The highest BCUT2D eigenvalue weighted by molar-refractivity contribution is 5.15. The minimum Gasteiger partial charge on any atom is -0.292 e. The van der Waals surface area contributed by atoms with Crippen LogP contribution in [0, 0.1) is 5.92 Å². The fourth-order valence-corrected chi connectivity index (χ4v) is 2.42. The van der Waals surface area contributed by atoms with E-state index in [-0.39, 0.29) is 0 Å². The maximum Gasteiger partial charge on any atom is 0.0282 e. The van der Waals surface area contributed by atoms with Crippen LogP contribution in [0.15, 0.2) is 43.0 Å². The molecule has 2 atom stereocenters. The van der Waals surface area contributed by atoms with Gasteiger partial charge in [0.1, 0.15) is 0 Å². The number of nitrogens with zero attached hydrogens (tertiary/aromatic N) is 1. The van der Waals surface area contributed by atoms with Gasteiger partial charge in [0, 0.05) is 19.1 Å². The molecular formula is C14H19N. The Morgan fingerprint density at radius 1 is 1.40 bits per heavy atom. The predicted octanol–water partition coefficient (Wildman–Crippen LogP) is 3.08. The lowest BCUT2D eigenvalue weighted by Gasteiger charge is -2.21.